The van der Waals surface area contributed by atoms with Crippen LogP contribution < -0.4 is 0 Å². The highest BCUT2D eigenvalue weighted by atomic mass is 16.6. The number of hydrogen-bond acceptors (Lipinski definition) is 3. The Labute approximate surface area is 105 Å². The summed E-state index contributed by atoms with van der Waals surface area (Å²) in [5, 5.41) is 10.5. The molecule has 1 fully saturated rings. The smallest absolute Gasteiger partial charge is 0.241 e. The molecule has 2 atom stereocenters. The minimum Gasteiger partial charge on any atom is -0.461 e. The molecule has 0 amide bonds. The number of benzene rings is 1. The fourth-order valence-corrected chi connectivity index (χ4v) is 2.46. The molecule has 1 aliphatic heterocycles. The summed E-state index contributed by atoms with van der Waals surface area (Å²) in [5.41, 5.74) is 0.618. The second-order valence-electron chi connectivity index (χ2n) is 4.68. The van der Waals surface area contributed by atoms with Gasteiger partial charge in [-0.2, -0.15) is 0 Å². The van der Waals surface area contributed by atoms with Gasteiger partial charge in [0.15, 0.2) is 5.78 Å². The Kier molecular flexibility index (Phi) is 2.56. The van der Waals surface area contributed by atoms with Gasteiger partial charge >= 0.3 is 0 Å². The first kappa shape index (κ1) is 11.2. The highest BCUT2D eigenvalue weighted by molar-refractivity contribution is 5.85. The molecule has 1 saturated heterocycles. The number of allylic oxidation sites excluding steroid dienone is 4. The second kappa shape index (κ2) is 4.10. The molecule has 0 spiro atoms. The summed E-state index contributed by atoms with van der Waals surface area (Å²) in [6.07, 6.45) is 6.24. The third kappa shape index (κ3) is 1.77. The maximum atomic E-state index is 12.1. The monoisotopic (exact) mass is 242 g/mol. The summed E-state index contributed by atoms with van der Waals surface area (Å²) >= 11 is 0. The first-order chi connectivity index (χ1) is 8.69. The van der Waals surface area contributed by atoms with Gasteiger partial charge in [-0.1, -0.05) is 42.5 Å². The van der Waals surface area contributed by atoms with Crippen molar-refractivity contribution in [3.05, 3.63) is 59.9 Å². The zero-order valence-corrected chi connectivity index (χ0v) is 9.87. The lowest BCUT2D eigenvalue weighted by atomic mass is 9.85. The Balaban J connectivity index is 1.98. The van der Waals surface area contributed by atoms with Gasteiger partial charge in [-0.05, 0) is 12.5 Å². The van der Waals surface area contributed by atoms with Crippen molar-refractivity contribution < 1.29 is 14.6 Å². The number of ether oxygens (including phenoxy) is 1. The van der Waals surface area contributed by atoms with Crippen molar-refractivity contribution in [2.24, 2.45) is 5.92 Å². The van der Waals surface area contributed by atoms with Crippen LogP contribution in [0.4, 0.5) is 0 Å². The Morgan fingerprint density at radius 1 is 1.28 bits per heavy atom. The average Bonchev–Trinajstić information content (AvgIpc) is 2.40. The van der Waals surface area contributed by atoms with Crippen LogP contribution in [0.15, 0.2) is 54.3 Å². The molecule has 2 aliphatic rings. The topological polar surface area (TPSA) is 46.5 Å². The molecule has 2 unspecified atom stereocenters. The van der Waals surface area contributed by atoms with Crippen LogP contribution in [0.25, 0.3) is 0 Å². The van der Waals surface area contributed by atoms with Crippen molar-refractivity contribution in [3.8, 4) is 0 Å². The Hall–Kier alpha value is -1.87. The van der Waals surface area contributed by atoms with E-state index in [1.165, 1.54) is 0 Å². The summed E-state index contributed by atoms with van der Waals surface area (Å²) < 4.78 is 5.68. The van der Waals surface area contributed by atoms with E-state index < -0.39 is 5.79 Å². The van der Waals surface area contributed by atoms with Gasteiger partial charge in [0.05, 0.1) is 12.3 Å². The maximum absolute atomic E-state index is 12.1. The van der Waals surface area contributed by atoms with E-state index in [9.17, 15) is 9.90 Å². The minimum atomic E-state index is -1.52. The fourth-order valence-electron chi connectivity index (χ4n) is 2.46. The summed E-state index contributed by atoms with van der Waals surface area (Å²) in [4.78, 5) is 12.1. The number of carbonyl (C=O) groups is 1. The third-order valence-corrected chi connectivity index (χ3v) is 3.43. The zero-order chi connectivity index (χ0) is 12.6. The van der Waals surface area contributed by atoms with Crippen LogP contribution in [0.5, 0.6) is 0 Å². The van der Waals surface area contributed by atoms with E-state index in [-0.39, 0.29) is 18.1 Å². The number of carbonyl (C=O) groups excluding carboxylic acids is 1. The van der Waals surface area contributed by atoms with Crippen molar-refractivity contribution in [1.29, 1.82) is 0 Å². The van der Waals surface area contributed by atoms with E-state index in [0.29, 0.717) is 17.7 Å². The third-order valence-electron chi connectivity index (χ3n) is 3.43. The number of Topliss-reactive ketones (excluding diaryl/α,β-unsaturated/α-hetero) is 1. The molecule has 3 nitrogen and oxygen atoms in total. The second-order valence-corrected chi connectivity index (χ2v) is 4.68. The molecule has 92 valence electrons. The molecule has 0 bridgehead atoms. The van der Waals surface area contributed by atoms with Gasteiger partial charge < -0.3 is 9.84 Å². The molecule has 1 aromatic rings. The number of fused-ring (bicyclic) bond motifs is 1. The van der Waals surface area contributed by atoms with Gasteiger partial charge in [-0.25, -0.2) is 0 Å². The summed E-state index contributed by atoms with van der Waals surface area (Å²) in [6, 6.07) is 9.05. The first-order valence-corrected chi connectivity index (χ1v) is 6.05. The van der Waals surface area contributed by atoms with E-state index in [2.05, 4.69) is 0 Å². The standard InChI is InChI=1S/C15H14O3/c16-13-10-15(17,11-6-2-1-3-7-11)18-14-9-5-4-8-12(13)14/h1-7,9,12,17H,8,10H2. The molecule has 1 aliphatic carbocycles. The fraction of sp³-hybridized carbons (Fsp3) is 0.267. The molecule has 18 heavy (non-hydrogen) atoms. The SMILES string of the molecule is O=C1CC(O)(c2ccccc2)OC2=CC=CCC12. The van der Waals surface area contributed by atoms with Crippen LogP contribution in [0.2, 0.25) is 0 Å². The predicted octanol–water partition coefficient (Wildman–Crippen LogP) is 2.28. The molecular weight excluding hydrogens is 228 g/mol. The van der Waals surface area contributed by atoms with Gasteiger partial charge in [0.1, 0.15) is 5.76 Å². The van der Waals surface area contributed by atoms with Crippen LogP contribution >= 0.6 is 0 Å². The lowest BCUT2D eigenvalue weighted by molar-refractivity contribution is -0.211. The van der Waals surface area contributed by atoms with Gasteiger partial charge in [-0.15, -0.1) is 0 Å². The molecule has 0 saturated carbocycles. The van der Waals surface area contributed by atoms with Gasteiger partial charge in [0.25, 0.3) is 0 Å². The Morgan fingerprint density at radius 2 is 2.06 bits per heavy atom. The predicted molar refractivity (Wildman–Crippen MR) is 66.4 cm³/mol. The first-order valence-electron chi connectivity index (χ1n) is 6.05. The molecule has 1 heterocycles. The number of hydrogen-bond donors (Lipinski definition) is 1. The van der Waals surface area contributed by atoms with Crippen molar-refractivity contribution in [3.63, 3.8) is 0 Å². The van der Waals surface area contributed by atoms with Crippen LogP contribution in [0.3, 0.4) is 0 Å². The van der Waals surface area contributed by atoms with E-state index in [1.54, 1.807) is 18.2 Å². The molecule has 1 N–H and O–H groups in total. The van der Waals surface area contributed by atoms with Crippen molar-refractivity contribution >= 4 is 5.78 Å². The highest BCUT2D eigenvalue weighted by Gasteiger charge is 2.44. The molecule has 3 rings (SSSR count). The van der Waals surface area contributed by atoms with Crippen molar-refractivity contribution in [2.45, 2.75) is 18.6 Å². The molecule has 0 aromatic heterocycles. The van der Waals surface area contributed by atoms with Gasteiger partial charge in [0.2, 0.25) is 5.79 Å². The summed E-state index contributed by atoms with van der Waals surface area (Å²) in [5.74, 6) is -1.14. The molecule has 3 heteroatoms. The van der Waals surface area contributed by atoms with Crippen LogP contribution in [0, 0.1) is 5.92 Å². The van der Waals surface area contributed by atoms with Crippen LogP contribution in [-0.4, -0.2) is 10.9 Å². The van der Waals surface area contributed by atoms with Crippen molar-refractivity contribution in [1.82, 2.24) is 0 Å². The number of rotatable bonds is 1. The normalized spacial score (nSPS) is 30.4. The van der Waals surface area contributed by atoms with E-state index in [0.717, 1.165) is 0 Å². The lowest BCUT2D eigenvalue weighted by Crippen LogP contribution is -2.41. The number of ketones is 1. The minimum absolute atomic E-state index is 0.00681. The largest absolute Gasteiger partial charge is 0.461 e. The van der Waals surface area contributed by atoms with Crippen LogP contribution in [-0.2, 0) is 15.3 Å². The lowest BCUT2D eigenvalue weighted by Gasteiger charge is -2.38. The number of aliphatic hydroxyl groups is 1. The Morgan fingerprint density at radius 3 is 2.83 bits per heavy atom. The molecule has 1 aromatic carbocycles. The Bertz CT molecular complexity index is 530. The highest BCUT2D eigenvalue weighted by Crippen LogP contribution is 2.40. The van der Waals surface area contributed by atoms with E-state index in [1.807, 2.05) is 30.4 Å². The maximum Gasteiger partial charge on any atom is 0.241 e. The summed E-state index contributed by atoms with van der Waals surface area (Å²) in [6.45, 7) is 0. The van der Waals surface area contributed by atoms with Gasteiger partial charge in [0, 0.05) is 5.56 Å². The zero-order valence-electron chi connectivity index (χ0n) is 9.87. The average molecular weight is 242 g/mol. The van der Waals surface area contributed by atoms with Gasteiger partial charge in [-0.3, -0.25) is 4.79 Å². The quantitative estimate of drug-likeness (QED) is 0.821. The summed E-state index contributed by atoms with van der Waals surface area (Å²) in [7, 11) is 0. The molecule has 0 radical (unpaired) electrons. The van der Waals surface area contributed by atoms with Crippen LogP contribution in [0.1, 0.15) is 18.4 Å². The van der Waals surface area contributed by atoms with E-state index in [4.69, 9.17) is 4.74 Å². The van der Waals surface area contributed by atoms with E-state index >= 15 is 0 Å². The molecular formula is C15H14O3. The van der Waals surface area contributed by atoms with Crippen molar-refractivity contribution in [2.75, 3.05) is 0 Å².